The van der Waals surface area contributed by atoms with E-state index in [0.717, 1.165) is 11.6 Å². The summed E-state index contributed by atoms with van der Waals surface area (Å²) in [6.45, 7) is 0.0358. The first-order chi connectivity index (χ1) is 9.08. The zero-order chi connectivity index (χ0) is 13.8. The molecule has 98 valence electrons. The van der Waals surface area contributed by atoms with Crippen LogP contribution in [0.15, 0.2) is 46.9 Å². The Morgan fingerprint density at radius 2 is 1.79 bits per heavy atom. The highest BCUT2D eigenvalue weighted by Crippen LogP contribution is 2.21. The van der Waals surface area contributed by atoms with Crippen LogP contribution in [0, 0.1) is 11.6 Å². The standard InChI is InChI=1S/C14H9BrF2O2/c15-11-6-10(12(16)7-13(11)17)14(18)19-8-9-4-2-1-3-5-9/h1-7H,8H2. The topological polar surface area (TPSA) is 26.3 Å². The van der Waals surface area contributed by atoms with Crippen LogP contribution in [0.3, 0.4) is 0 Å². The van der Waals surface area contributed by atoms with E-state index in [1.807, 2.05) is 6.07 Å². The summed E-state index contributed by atoms with van der Waals surface area (Å²) in [4.78, 5) is 11.7. The Hall–Kier alpha value is -1.75. The second-order valence-corrected chi connectivity index (χ2v) is 4.66. The number of rotatable bonds is 3. The molecule has 0 saturated carbocycles. The molecule has 0 aliphatic rings. The third kappa shape index (κ3) is 3.38. The molecule has 2 aromatic rings. The molecule has 0 amide bonds. The average Bonchev–Trinajstić information content (AvgIpc) is 2.41. The zero-order valence-electron chi connectivity index (χ0n) is 9.70. The van der Waals surface area contributed by atoms with Crippen molar-refractivity contribution in [2.45, 2.75) is 6.61 Å². The lowest BCUT2D eigenvalue weighted by atomic mass is 10.2. The molecule has 2 nitrogen and oxygen atoms in total. The van der Waals surface area contributed by atoms with Gasteiger partial charge in [0.05, 0.1) is 10.0 Å². The number of carbonyl (C=O) groups is 1. The summed E-state index contributed by atoms with van der Waals surface area (Å²) in [6, 6.07) is 10.7. The predicted octanol–water partition coefficient (Wildman–Crippen LogP) is 4.08. The Morgan fingerprint density at radius 1 is 1.11 bits per heavy atom. The summed E-state index contributed by atoms with van der Waals surface area (Å²) in [7, 11) is 0. The molecule has 0 heterocycles. The molecule has 0 aliphatic heterocycles. The smallest absolute Gasteiger partial charge is 0.341 e. The second-order valence-electron chi connectivity index (χ2n) is 3.81. The summed E-state index contributed by atoms with van der Waals surface area (Å²) in [5, 5.41) is 0. The maximum atomic E-state index is 13.4. The highest BCUT2D eigenvalue weighted by atomic mass is 79.9. The van der Waals surface area contributed by atoms with Gasteiger partial charge in [-0.3, -0.25) is 0 Å². The SMILES string of the molecule is O=C(OCc1ccccc1)c1cc(Br)c(F)cc1F. The summed E-state index contributed by atoms with van der Waals surface area (Å²) >= 11 is 2.90. The molecule has 5 heteroatoms. The molecule has 0 aromatic heterocycles. The van der Waals surface area contributed by atoms with E-state index in [4.69, 9.17) is 4.74 Å². The minimum absolute atomic E-state index is 0.0144. The van der Waals surface area contributed by atoms with Gasteiger partial charge >= 0.3 is 5.97 Å². The van der Waals surface area contributed by atoms with Gasteiger partial charge in [0.25, 0.3) is 0 Å². The van der Waals surface area contributed by atoms with Gasteiger partial charge in [0.2, 0.25) is 0 Å². The third-order valence-electron chi connectivity index (χ3n) is 2.44. The van der Waals surface area contributed by atoms with Crippen molar-refractivity contribution in [1.29, 1.82) is 0 Å². The van der Waals surface area contributed by atoms with Crippen molar-refractivity contribution in [3.8, 4) is 0 Å². The van der Waals surface area contributed by atoms with E-state index in [1.54, 1.807) is 24.3 Å². The van der Waals surface area contributed by atoms with Crippen molar-refractivity contribution < 1.29 is 18.3 Å². The van der Waals surface area contributed by atoms with Gasteiger partial charge in [0, 0.05) is 6.07 Å². The number of carbonyl (C=O) groups excluding carboxylic acids is 1. The Kier molecular flexibility index (Phi) is 4.27. The van der Waals surface area contributed by atoms with Crippen LogP contribution >= 0.6 is 15.9 Å². The fourth-order valence-electron chi connectivity index (χ4n) is 1.48. The highest BCUT2D eigenvalue weighted by Gasteiger charge is 2.16. The van der Waals surface area contributed by atoms with Gasteiger partial charge in [-0.1, -0.05) is 30.3 Å². The Morgan fingerprint density at radius 3 is 2.47 bits per heavy atom. The van der Waals surface area contributed by atoms with Gasteiger partial charge in [-0.25, -0.2) is 13.6 Å². The maximum absolute atomic E-state index is 13.4. The van der Waals surface area contributed by atoms with E-state index >= 15 is 0 Å². The first-order valence-corrected chi connectivity index (χ1v) is 6.23. The Labute approximate surface area is 117 Å². The molecule has 2 rings (SSSR count). The molecule has 2 aromatic carbocycles. The molecule has 0 atom stereocenters. The Bertz CT molecular complexity index is 600. The summed E-state index contributed by atoms with van der Waals surface area (Å²) in [5.74, 6) is -2.54. The number of ether oxygens (including phenoxy) is 1. The van der Waals surface area contributed by atoms with E-state index in [2.05, 4.69) is 15.9 Å². The number of hydrogen-bond donors (Lipinski definition) is 0. The van der Waals surface area contributed by atoms with Gasteiger partial charge in [-0.05, 0) is 27.6 Å². The molecule has 19 heavy (non-hydrogen) atoms. The first-order valence-electron chi connectivity index (χ1n) is 5.43. The molecule has 0 fully saturated rings. The molecule has 0 aliphatic carbocycles. The average molecular weight is 327 g/mol. The molecule has 0 radical (unpaired) electrons. The lowest BCUT2D eigenvalue weighted by Crippen LogP contribution is -2.08. The van der Waals surface area contributed by atoms with Crippen molar-refractivity contribution in [2.24, 2.45) is 0 Å². The fraction of sp³-hybridized carbons (Fsp3) is 0.0714. The highest BCUT2D eigenvalue weighted by molar-refractivity contribution is 9.10. The lowest BCUT2D eigenvalue weighted by Gasteiger charge is -2.06. The van der Waals surface area contributed by atoms with Crippen LogP contribution in [-0.2, 0) is 11.3 Å². The number of esters is 1. The van der Waals surface area contributed by atoms with Crippen molar-refractivity contribution in [3.63, 3.8) is 0 Å². The van der Waals surface area contributed by atoms with E-state index in [0.29, 0.717) is 6.07 Å². The van der Waals surface area contributed by atoms with Gasteiger partial charge in [-0.2, -0.15) is 0 Å². The van der Waals surface area contributed by atoms with Gasteiger partial charge in [0.1, 0.15) is 18.2 Å². The van der Waals surface area contributed by atoms with Crippen LogP contribution in [-0.4, -0.2) is 5.97 Å². The minimum Gasteiger partial charge on any atom is -0.457 e. The quantitative estimate of drug-likeness (QED) is 0.627. The Balaban J connectivity index is 2.10. The molecule has 0 bridgehead atoms. The largest absolute Gasteiger partial charge is 0.457 e. The normalized spacial score (nSPS) is 10.3. The van der Waals surface area contributed by atoms with Crippen LogP contribution in [0.25, 0.3) is 0 Å². The van der Waals surface area contributed by atoms with Crippen LogP contribution in [0.1, 0.15) is 15.9 Å². The number of halogens is 3. The van der Waals surface area contributed by atoms with E-state index < -0.39 is 17.6 Å². The van der Waals surface area contributed by atoms with Crippen molar-refractivity contribution in [3.05, 3.63) is 69.7 Å². The molecule has 0 saturated heterocycles. The van der Waals surface area contributed by atoms with Crippen LogP contribution in [0.4, 0.5) is 8.78 Å². The van der Waals surface area contributed by atoms with E-state index in [-0.39, 0.29) is 16.6 Å². The molecule has 0 unspecified atom stereocenters. The van der Waals surface area contributed by atoms with Gasteiger partial charge in [0.15, 0.2) is 0 Å². The summed E-state index contributed by atoms with van der Waals surface area (Å²) in [5.41, 5.74) is 0.488. The third-order valence-corrected chi connectivity index (χ3v) is 3.05. The van der Waals surface area contributed by atoms with E-state index in [1.165, 1.54) is 0 Å². The second kappa shape index (κ2) is 5.93. The summed E-state index contributed by atoms with van der Waals surface area (Å²) < 4.78 is 31.5. The molecular weight excluding hydrogens is 318 g/mol. The van der Waals surface area contributed by atoms with E-state index in [9.17, 15) is 13.6 Å². The first kappa shape index (κ1) is 13.7. The lowest BCUT2D eigenvalue weighted by molar-refractivity contribution is 0.0467. The van der Waals surface area contributed by atoms with Gasteiger partial charge < -0.3 is 4.74 Å². The predicted molar refractivity (Wildman–Crippen MR) is 69.6 cm³/mol. The number of benzene rings is 2. The fourth-order valence-corrected chi connectivity index (χ4v) is 1.82. The van der Waals surface area contributed by atoms with Crippen LogP contribution in [0.2, 0.25) is 0 Å². The van der Waals surface area contributed by atoms with Crippen LogP contribution < -0.4 is 0 Å². The molecular formula is C14H9BrF2O2. The zero-order valence-corrected chi connectivity index (χ0v) is 11.3. The van der Waals surface area contributed by atoms with Crippen molar-refractivity contribution >= 4 is 21.9 Å². The van der Waals surface area contributed by atoms with Crippen molar-refractivity contribution in [2.75, 3.05) is 0 Å². The minimum atomic E-state index is -0.946. The van der Waals surface area contributed by atoms with Crippen molar-refractivity contribution in [1.82, 2.24) is 0 Å². The molecule has 0 N–H and O–H groups in total. The monoisotopic (exact) mass is 326 g/mol. The van der Waals surface area contributed by atoms with Crippen LogP contribution in [0.5, 0.6) is 0 Å². The summed E-state index contributed by atoms with van der Waals surface area (Å²) in [6.07, 6.45) is 0. The molecule has 0 spiro atoms. The van der Waals surface area contributed by atoms with Gasteiger partial charge in [-0.15, -0.1) is 0 Å². The maximum Gasteiger partial charge on any atom is 0.341 e. The number of hydrogen-bond acceptors (Lipinski definition) is 2.